The van der Waals surface area contributed by atoms with Crippen molar-refractivity contribution >= 4 is 35.0 Å². The van der Waals surface area contributed by atoms with Crippen LogP contribution in [0.2, 0.25) is 0 Å². The maximum Gasteiger partial charge on any atom is 0.254 e. The van der Waals surface area contributed by atoms with Gasteiger partial charge in [-0.2, -0.15) is 0 Å². The highest BCUT2D eigenvalue weighted by molar-refractivity contribution is 8.00. The van der Waals surface area contributed by atoms with Crippen LogP contribution >= 0.6 is 11.8 Å². The topological polar surface area (TPSA) is 106 Å². The van der Waals surface area contributed by atoms with Gasteiger partial charge in [-0.15, -0.1) is 10.2 Å². The fourth-order valence-electron chi connectivity index (χ4n) is 3.48. The summed E-state index contributed by atoms with van der Waals surface area (Å²) in [5, 5.41) is 14.2. The van der Waals surface area contributed by atoms with E-state index in [0.29, 0.717) is 35.2 Å². The molecule has 8 nitrogen and oxygen atoms in total. The second kappa shape index (κ2) is 11.7. The number of rotatable bonds is 10. The Morgan fingerprint density at radius 1 is 1.09 bits per heavy atom. The van der Waals surface area contributed by atoms with Gasteiger partial charge in [-0.3, -0.25) is 14.4 Å². The van der Waals surface area contributed by atoms with Crippen molar-refractivity contribution < 1.29 is 18.8 Å². The summed E-state index contributed by atoms with van der Waals surface area (Å²) in [6.07, 6.45) is 0.536. The Morgan fingerprint density at radius 3 is 2.49 bits per heavy atom. The standard InChI is InChI=1S/C25H28FN5O3S/c1-5-21(24(34)28-18-11-9-10-17(14-18)16(4)32)35-25-30-29-22(31(25)6-2)15(3)27-23(33)19-12-7-8-13-20(19)26/h7-15,21H,5-6H2,1-4H3,(H,27,33)(H,28,34)/t15-,21+/m1/s1. The van der Waals surface area contributed by atoms with Crippen LogP contribution in [0.5, 0.6) is 0 Å². The second-order valence-electron chi connectivity index (χ2n) is 7.90. The number of aromatic nitrogens is 3. The van der Waals surface area contributed by atoms with Gasteiger partial charge in [0.1, 0.15) is 5.82 Å². The first kappa shape index (κ1) is 26.1. The lowest BCUT2D eigenvalue weighted by atomic mass is 10.1. The predicted octanol–water partition coefficient (Wildman–Crippen LogP) is 4.64. The van der Waals surface area contributed by atoms with E-state index in [1.807, 2.05) is 18.4 Å². The third kappa shape index (κ3) is 6.33. The molecule has 0 saturated carbocycles. The SMILES string of the molecule is CC[C@H](Sc1nnc([C@@H](C)NC(=O)c2ccccc2F)n1CC)C(=O)Nc1cccc(C(C)=O)c1. The summed E-state index contributed by atoms with van der Waals surface area (Å²) in [4.78, 5) is 37.1. The average molecular weight is 498 g/mol. The first-order valence-corrected chi connectivity index (χ1v) is 12.2. The molecule has 184 valence electrons. The quantitative estimate of drug-likeness (QED) is 0.312. The maximum absolute atomic E-state index is 14.0. The number of hydrogen-bond donors (Lipinski definition) is 2. The monoisotopic (exact) mass is 497 g/mol. The number of nitrogens with zero attached hydrogens (tertiary/aromatic N) is 3. The molecule has 0 unspecified atom stereocenters. The third-order valence-corrected chi connectivity index (χ3v) is 6.71. The van der Waals surface area contributed by atoms with Gasteiger partial charge in [-0.1, -0.05) is 43.0 Å². The van der Waals surface area contributed by atoms with Crippen LogP contribution < -0.4 is 10.6 Å². The molecule has 2 aromatic carbocycles. The number of Topliss-reactive ketones (excluding diaryl/α,β-unsaturated/α-hetero) is 1. The zero-order valence-electron chi connectivity index (χ0n) is 20.0. The van der Waals surface area contributed by atoms with E-state index in [1.54, 1.807) is 37.3 Å². The molecule has 0 bridgehead atoms. The zero-order chi connectivity index (χ0) is 25.5. The molecule has 0 radical (unpaired) electrons. The van der Waals surface area contributed by atoms with Gasteiger partial charge in [0.25, 0.3) is 5.91 Å². The van der Waals surface area contributed by atoms with Crippen molar-refractivity contribution in [3.63, 3.8) is 0 Å². The third-order valence-electron chi connectivity index (χ3n) is 5.36. The average Bonchev–Trinajstić information content (AvgIpc) is 3.25. The van der Waals surface area contributed by atoms with E-state index >= 15 is 0 Å². The molecule has 1 heterocycles. The second-order valence-corrected chi connectivity index (χ2v) is 9.07. The van der Waals surface area contributed by atoms with Gasteiger partial charge >= 0.3 is 0 Å². The lowest BCUT2D eigenvalue weighted by Crippen LogP contribution is -2.29. The molecule has 0 aliphatic carbocycles. The molecule has 10 heteroatoms. The Bertz CT molecular complexity index is 1230. The van der Waals surface area contributed by atoms with Gasteiger partial charge in [0.15, 0.2) is 16.8 Å². The molecule has 0 aliphatic rings. The van der Waals surface area contributed by atoms with Crippen molar-refractivity contribution in [2.24, 2.45) is 0 Å². The van der Waals surface area contributed by atoms with Crippen LogP contribution in [0, 0.1) is 5.82 Å². The van der Waals surface area contributed by atoms with Gasteiger partial charge in [0.2, 0.25) is 5.91 Å². The molecule has 0 aliphatic heterocycles. The van der Waals surface area contributed by atoms with Crippen LogP contribution in [-0.4, -0.2) is 37.6 Å². The summed E-state index contributed by atoms with van der Waals surface area (Å²) in [5.41, 5.74) is 1.02. The predicted molar refractivity (Wildman–Crippen MR) is 133 cm³/mol. The van der Waals surface area contributed by atoms with Crippen LogP contribution in [-0.2, 0) is 11.3 Å². The van der Waals surface area contributed by atoms with Crippen molar-refractivity contribution in [3.05, 3.63) is 71.3 Å². The van der Waals surface area contributed by atoms with Crippen LogP contribution in [0.15, 0.2) is 53.7 Å². The highest BCUT2D eigenvalue weighted by Gasteiger charge is 2.25. The van der Waals surface area contributed by atoms with Gasteiger partial charge in [-0.05, 0) is 51.5 Å². The van der Waals surface area contributed by atoms with Crippen LogP contribution in [0.4, 0.5) is 10.1 Å². The fraction of sp³-hybridized carbons (Fsp3) is 0.320. The molecular formula is C25H28FN5O3S. The van der Waals surface area contributed by atoms with Gasteiger partial charge in [0, 0.05) is 17.8 Å². The van der Waals surface area contributed by atoms with E-state index in [2.05, 4.69) is 20.8 Å². The molecule has 3 aromatic rings. The molecule has 2 atom stereocenters. The number of halogens is 1. The fourth-order valence-corrected chi connectivity index (χ4v) is 4.50. The van der Waals surface area contributed by atoms with E-state index < -0.39 is 23.0 Å². The number of anilines is 1. The molecule has 2 N–H and O–H groups in total. The molecule has 1 aromatic heterocycles. The number of hydrogen-bond acceptors (Lipinski definition) is 6. The minimum absolute atomic E-state index is 0.0481. The maximum atomic E-state index is 14.0. The van der Waals surface area contributed by atoms with Crippen LogP contribution in [0.3, 0.4) is 0 Å². The summed E-state index contributed by atoms with van der Waals surface area (Å²) >= 11 is 1.27. The van der Waals surface area contributed by atoms with E-state index in [-0.39, 0.29) is 17.3 Å². The van der Waals surface area contributed by atoms with Crippen molar-refractivity contribution in [2.45, 2.75) is 57.1 Å². The lowest BCUT2D eigenvalue weighted by Gasteiger charge is -2.17. The van der Waals surface area contributed by atoms with E-state index in [1.165, 1.54) is 36.9 Å². The van der Waals surface area contributed by atoms with E-state index in [4.69, 9.17) is 0 Å². The molecule has 0 spiro atoms. The molecular weight excluding hydrogens is 469 g/mol. The zero-order valence-corrected chi connectivity index (χ0v) is 20.9. The van der Waals surface area contributed by atoms with Crippen LogP contribution in [0.1, 0.15) is 66.7 Å². The number of amides is 2. The summed E-state index contributed by atoms with van der Waals surface area (Å²) in [6, 6.07) is 12.0. The first-order chi connectivity index (χ1) is 16.7. The highest BCUT2D eigenvalue weighted by Crippen LogP contribution is 2.27. The number of carbonyl (C=O) groups is 3. The minimum atomic E-state index is -0.601. The first-order valence-electron chi connectivity index (χ1n) is 11.3. The van der Waals surface area contributed by atoms with Crippen molar-refractivity contribution in [3.8, 4) is 0 Å². The van der Waals surface area contributed by atoms with E-state index in [9.17, 15) is 18.8 Å². The highest BCUT2D eigenvalue weighted by atomic mass is 32.2. The minimum Gasteiger partial charge on any atom is -0.342 e. The number of carbonyl (C=O) groups excluding carboxylic acids is 3. The van der Waals surface area contributed by atoms with Crippen molar-refractivity contribution in [1.29, 1.82) is 0 Å². The van der Waals surface area contributed by atoms with Crippen LogP contribution in [0.25, 0.3) is 0 Å². The summed E-state index contributed by atoms with van der Waals surface area (Å²) < 4.78 is 15.8. The summed E-state index contributed by atoms with van der Waals surface area (Å²) in [5.74, 6) is -0.942. The van der Waals surface area contributed by atoms with Crippen molar-refractivity contribution in [1.82, 2.24) is 20.1 Å². The largest absolute Gasteiger partial charge is 0.342 e. The number of nitrogens with one attached hydrogen (secondary N) is 2. The summed E-state index contributed by atoms with van der Waals surface area (Å²) in [7, 11) is 0. The molecule has 2 amide bonds. The lowest BCUT2D eigenvalue weighted by molar-refractivity contribution is -0.115. The summed E-state index contributed by atoms with van der Waals surface area (Å²) in [6.45, 7) is 7.55. The Hall–Kier alpha value is -3.53. The number of benzene rings is 2. The van der Waals surface area contributed by atoms with Gasteiger partial charge in [-0.25, -0.2) is 4.39 Å². The normalized spacial score (nSPS) is 12.6. The van der Waals surface area contributed by atoms with Gasteiger partial charge < -0.3 is 15.2 Å². The molecule has 3 rings (SSSR count). The van der Waals surface area contributed by atoms with Crippen molar-refractivity contribution in [2.75, 3.05) is 5.32 Å². The Kier molecular flexibility index (Phi) is 8.75. The molecule has 35 heavy (non-hydrogen) atoms. The Labute approximate surface area is 207 Å². The molecule has 0 fully saturated rings. The number of ketones is 1. The smallest absolute Gasteiger partial charge is 0.254 e. The Balaban J connectivity index is 1.73. The van der Waals surface area contributed by atoms with E-state index in [0.717, 1.165) is 0 Å². The van der Waals surface area contributed by atoms with Gasteiger partial charge in [0.05, 0.1) is 16.9 Å². The molecule has 0 saturated heterocycles. The Morgan fingerprint density at radius 2 is 1.83 bits per heavy atom. The number of thioether (sulfide) groups is 1.